The lowest BCUT2D eigenvalue weighted by Gasteiger charge is -2.31. The molecule has 0 bridgehead atoms. The van der Waals surface area contributed by atoms with Crippen molar-refractivity contribution in [2.75, 3.05) is 37.2 Å². The summed E-state index contributed by atoms with van der Waals surface area (Å²) in [6.07, 6.45) is 8.88. The van der Waals surface area contributed by atoms with Gasteiger partial charge in [0.2, 0.25) is 5.88 Å². The van der Waals surface area contributed by atoms with Gasteiger partial charge in [0.15, 0.2) is 0 Å². The Kier molecular flexibility index (Phi) is 8.81. The summed E-state index contributed by atoms with van der Waals surface area (Å²) in [4.78, 5) is 20.1. The van der Waals surface area contributed by atoms with Gasteiger partial charge in [-0.2, -0.15) is 0 Å². The normalized spacial score (nSPS) is 14.9. The number of sulfonamides is 1. The van der Waals surface area contributed by atoms with Crippen LogP contribution in [0.25, 0.3) is 21.6 Å². The molecule has 5 heterocycles. The van der Waals surface area contributed by atoms with E-state index in [1.165, 1.54) is 20.5 Å². The molecule has 1 N–H and O–H groups in total. The van der Waals surface area contributed by atoms with Crippen LogP contribution in [0.2, 0.25) is 0 Å². The zero-order valence-corrected chi connectivity index (χ0v) is 25.6. The molecule has 1 aliphatic rings. The summed E-state index contributed by atoms with van der Waals surface area (Å²) in [6, 6.07) is 11.1. The minimum Gasteiger partial charge on any atom is -0.473 e. The van der Waals surface area contributed by atoms with Crippen LogP contribution in [0.3, 0.4) is 0 Å². The van der Waals surface area contributed by atoms with Crippen molar-refractivity contribution in [3.63, 3.8) is 0 Å². The fraction of sp³-hybridized carbons (Fsp3) is 0.345. The Labute approximate surface area is 253 Å². The summed E-state index contributed by atoms with van der Waals surface area (Å²) in [6.45, 7) is 5.62. The molecule has 0 aliphatic carbocycles. The number of rotatable bonds is 12. The smallest absolute Gasteiger partial charge is 0.273 e. The van der Waals surface area contributed by atoms with Crippen molar-refractivity contribution >= 4 is 49.3 Å². The number of piperidine rings is 1. The van der Waals surface area contributed by atoms with Crippen LogP contribution in [0.1, 0.15) is 24.6 Å². The van der Waals surface area contributed by atoms with E-state index in [0.717, 1.165) is 54.1 Å². The molecule has 1 saturated heterocycles. The highest BCUT2D eigenvalue weighted by atomic mass is 32.2. The van der Waals surface area contributed by atoms with E-state index in [1.54, 1.807) is 47.4 Å². The summed E-state index contributed by atoms with van der Waals surface area (Å²) in [7, 11) is -3.75. The molecular formula is C29H32N6O4S3. The molecule has 10 nitrogen and oxygen atoms in total. The quantitative estimate of drug-likeness (QED) is 0.183. The van der Waals surface area contributed by atoms with E-state index in [1.807, 2.05) is 37.4 Å². The van der Waals surface area contributed by atoms with Crippen molar-refractivity contribution in [3.8, 4) is 16.6 Å². The number of aromatic amines is 1. The third kappa shape index (κ3) is 6.35. The molecule has 0 saturated carbocycles. The van der Waals surface area contributed by atoms with Crippen LogP contribution in [-0.2, 0) is 21.3 Å². The second-order valence-electron chi connectivity index (χ2n) is 9.90. The molecule has 13 heteroatoms. The molecule has 42 heavy (non-hydrogen) atoms. The summed E-state index contributed by atoms with van der Waals surface area (Å²) in [5.41, 5.74) is 2.21. The third-order valence-corrected chi connectivity index (χ3v) is 11.3. The summed E-state index contributed by atoms with van der Waals surface area (Å²) < 4.78 is 40.6. The maximum Gasteiger partial charge on any atom is 0.273 e. The summed E-state index contributed by atoms with van der Waals surface area (Å²) in [5.74, 6) is 0.575. The van der Waals surface area contributed by atoms with E-state index >= 15 is 0 Å². The lowest BCUT2D eigenvalue weighted by atomic mass is 10.1. The SMILES string of the molecule is CCOCCN(c1cccc2cc(-c3ncc(CN4CCC(Oc5cnccn5)CC4)s3)[nH]c12)S(=O)(=O)c1cccs1. The molecule has 1 fully saturated rings. The van der Waals surface area contributed by atoms with Crippen molar-refractivity contribution in [2.24, 2.45) is 0 Å². The fourth-order valence-corrected chi connectivity index (χ4v) is 8.56. The highest BCUT2D eigenvalue weighted by Gasteiger charge is 2.28. The standard InChI is InChI=1S/C29H32N6O4S3/c1-2-38-15-14-35(42(36,37)27-7-4-16-40-27)25-6-3-5-21-17-24(33-28(21)25)29-32-18-23(41-29)20-34-12-8-22(9-13-34)39-26-19-30-10-11-31-26/h3-7,10-11,16-19,22,33H,2,8-9,12-15,20H2,1H3. The maximum atomic E-state index is 13.7. The molecular weight excluding hydrogens is 593 g/mol. The predicted molar refractivity (Wildman–Crippen MR) is 166 cm³/mol. The van der Waals surface area contributed by atoms with Crippen LogP contribution in [0, 0.1) is 0 Å². The topological polar surface area (TPSA) is 114 Å². The van der Waals surface area contributed by atoms with Gasteiger partial charge < -0.3 is 14.5 Å². The maximum absolute atomic E-state index is 13.7. The van der Waals surface area contributed by atoms with E-state index in [2.05, 4.69) is 19.9 Å². The van der Waals surface area contributed by atoms with Gasteiger partial charge in [-0.15, -0.1) is 22.7 Å². The van der Waals surface area contributed by atoms with Crippen molar-refractivity contribution in [2.45, 2.75) is 36.6 Å². The Morgan fingerprint density at radius 1 is 1.12 bits per heavy atom. The summed E-state index contributed by atoms with van der Waals surface area (Å²) in [5, 5.41) is 3.57. The van der Waals surface area contributed by atoms with E-state index in [9.17, 15) is 8.42 Å². The number of benzene rings is 1. The first-order valence-electron chi connectivity index (χ1n) is 13.9. The van der Waals surface area contributed by atoms with E-state index in [4.69, 9.17) is 14.5 Å². The van der Waals surface area contributed by atoms with Crippen molar-refractivity contribution in [3.05, 3.63) is 71.4 Å². The third-order valence-electron chi connectivity index (χ3n) is 7.11. The molecule has 0 spiro atoms. The van der Waals surface area contributed by atoms with Gasteiger partial charge in [-0.05, 0) is 43.3 Å². The van der Waals surface area contributed by atoms with Gasteiger partial charge in [0, 0.05) is 55.1 Å². The van der Waals surface area contributed by atoms with Crippen molar-refractivity contribution in [1.29, 1.82) is 0 Å². The molecule has 5 aromatic rings. The molecule has 0 amide bonds. The van der Waals surface area contributed by atoms with Crippen LogP contribution in [0.5, 0.6) is 5.88 Å². The van der Waals surface area contributed by atoms with Crippen LogP contribution in [0.15, 0.2) is 70.8 Å². The number of nitrogens with one attached hydrogen (secondary N) is 1. The lowest BCUT2D eigenvalue weighted by Crippen LogP contribution is -2.37. The largest absolute Gasteiger partial charge is 0.473 e. The first kappa shape index (κ1) is 28.7. The number of aromatic nitrogens is 4. The second-order valence-corrected chi connectivity index (χ2v) is 14.1. The van der Waals surface area contributed by atoms with Gasteiger partial charge in [-0.3, -0.25) is 14.2 Å². The van der Waals surface area contributed by atoms with Gasteiger partial charge in [0.05, 0.1) is 36.2 Å². The van der Waals surface area contributed by atoms with Gasteiger partial charge in [-0.1, -0.05) is 18.2 Å². The first-order valence-corrected chi connectivity index (χ1v) is 17.0. The monoisotopic (exact) mass is 624 g/mol. The number of anilines is 1. The van der Waals surface area contributed by atoms with Crippen molar-refractivity contribution in [1.82, 2.24) is 24.8 Å². The van der Waals surface area contributed by atoms with Gasteiger partial charge in [0.1, 0.15) is 15.3 Å². The van der Waals surface area contributed by atoms with Crippen molar-refractivity contribution < 1.29 is 17.9 Å². The van der Waals surface area contributed by atoms with Crippen LogP contribution in [-0.4, -0.2) is 72.2 Å². The Balaban J connectivity index is 1.18. The van der Waals surface area contributed by atoms with Gasteiger partial charge >= 0.3 is 0 Å². The van der Waals surface area contributed by atoms with E-state index < -0.39 is 10.0 Å². The molecule has 0 atom stereocenters. The number of hydrogen-bond donors (Lipinski definition) is 1. The highest BCUT2D eigenvalue weighted by Crippen LogP contribution is 2.35. The number of fused-ring (bicyclic) bond motifs is 1. The molecule has 4 aromatic heterocycles. The second kappa shape index (κ2) is 12.9. The molecule has 1 aromatic carbocycles. The highest BCUT2D eigenvalue weighted by molar-refractivity contribution is 7.94. The molecule has 0 unspecified atom stereocenters. The van der Waals surface area contributed by atoms with Gasteiger partial charge in [0.25, 0.3) is 10.0 Å². The molecule has 220 valence electrons. The van der Waals surface area contributed by atoms with E-state index in [0.29, 0.717) is 29.0 Å². The van der Waals surface area contributed by atoms with Crippen LogP contribution >= 0.6 is 22.7 Å². The Hall–Kier alpha value is -3.36. The number of likely N-dealkylation sites (tertiary alicyclic amines) is 1. The number of hydrogen-bond acceptors (Lipinski definition) is 10. The predicted octanol–water partition coefficient (Wildman–Crippen LogP) is 5.42. The zero-order valence-electron chi connectivity index (χ0n) is 23.2. The lowest BCUT2D eigenvalue weighted by molar-refractivity contribution is 0.0934. The Morgan fingerprint density at radius 2 is 2.00 bits per heavy atom. The molecule has 1 aliphatic heterocycles. The number of nitrogens with zero attached hydrogens (tertiary/aromatic N) is 5. The number of H-pyrrole nitrogens is 1. The molecule has 0 radical (unpaired) electrons. The number of para-hydroxylation sites is 1. The summed E-state index contributed by atoms with van der Waals surface area (Å²) >= 11 is 2.86. The average Bonchev–Trinajstić information content (AvgIpc) is 3.78. The molecule has 6 rings (SSSR count). The fourth-order valence-electron chi connectivity index (χ4n) is 5.07. The Bertz CT molecular complexity index is 1700. The van der Waals surface area contributed by atoms with E-state index in [-0.39, 0.29) is 12.6 Å². The number of thiazole rings is 1. The van der Waals surface area contributed by atoms with Crippen LogP contribution < -0.4 is 9.04 Å². The minimum atomic E-state index is -3.75. The average molecular weight is 625 g/mol. The van der Waals surface area contributed by atoms with Gasteiger partial charge in [-0.25, -0.2) is 18.4 Å². The number of ether oxygens (including phenoxy) is 2. The number of thiophene rings is 1. The minimum absolute atomic E-state index is 0.146. The first-order chi connectivity index (χ1) is 20.5. The zero-order chi connectivity index (χ0) is 28.9. The van der Waals surface area contributed by atoms with Crippen LogP contribution in [0.4, 0.5) is 5.69 Å². The Morgan fingerprint density at radius 3 is 2.76 bits per heavy atom.